The predicted octanol–water partition coefficient (Wildman–Crippen LogP) is 13.9. The van der Waals surface area contributed by atoms with Gasteiger partial charge in [0.2, 0.25) is 0 Å². The number of aryl methyl sites for hydroxylation is 2. The summed E-state index contributed by atoms with van der Waals surface area (Å²) < 4.78 is 5.25. The highest BCUT2D eigenvalue weighted by atomic mass is 15.1. The zero-order valence-electron chi connectivity index (χ0n) is 30.3. The Bertz CT molecular complexity index is 663. The van der Waals surface area contributed by atoms with Gasteiger partial charge in [-0.1, -0.05) is 194 Å². The predicted molar refractivity (Wildman–Crippen MR) is 193 cm³/mol. The maximum atomic E-state index is 2.63. The van der Waals surface area contributed by atoms with Gasteiger partial charge in [0.25, 0.3) is 5.82 Å². The van der Waals surface area contributed by atoms with Crippen molar-refractivity contribution in [1.29, 1.82) is 0 Å². The molecule has 0 saturated heterocycles. The Morgan fingerprint density at radius 3 is 1.12 bits per heavy atom. The maximum Gasteiger partial charge on any atom is 0.256 e. The molecule has 0 atom stereocenters. The van der Waals surface area contributed by atoms with Crippen LogP contribution in [0, 0.1) is 0 Å². The molecule has 0 saturated carbocycles. The third kappa shape index (κ3) is 25.1. The molecule has 1 rings (SSSR count). The second-order valence-corrected chi connectivity index (χ2v) is 14.1. The average molecular weight is 602 g/mol. The zero-order valence-corrected chi connectivity index (χ0v) is 30.3. The minimum atomic E-state index is 1.23. The largest absolute Gasteiger partial charge is 0.256 e. The molecule has 2 nitrogen and oxygen atoms in total. The van der Waals surface area contributed by atoms with Crippen molar-refractivity contribution in [1.82, 2.24) is 4.57 Å². The van der Waals surface area contributed by atoms with Gasteiger partial charge in [0, 0.05) is 6.42 Å². The van der Waals surface area contributed by atoms with E-state index in [1.165, 1.54) is 225 Å². The van der Waals surface area contributed by atoms with E-state index in [1.54, 1.807) is 5.82 Å². The molecule has 0 unspecified atom stereocenters. The molecule has 2 heteroatoms. The summed E-state index contributed by atoms with van der Waals surface area (Å²) >= 11 is 0. The van der Waals surface area contributed by atoms with Crippen LogP contribution < -0.4 is 4.57 Å². The maximum absolute atomic E-state index is 2.63. The van der Waals surface area contributed by atoms with Crippen molar-refractivity contribution in [2.24, 2.45) is 0 Å². The van der Waals surface area contributed by atoms with E-state index in [0.717, 1.165) is 0 Å². The molecule has 0 aliphatic carbocycles. The molecule has 1 aromatic heterocycles. The monoisotopic (exact) mass is 602 g/mol. The summed E-state index contributed by atoms with van der Waals surface area (Å²) in [6.45, 7) is 9.40. The van der Waals surface area contributed by atoms with E-state index in [9.17, 15) is 0 Å². The van der Waals surface area contributed by atoms with Crippen LogP contribution in [-0.4, -0.2) is 4.57 Å². The quantitative estimate of drug-likeness (QED) is 0.0540. The highest BCUT2D eigenvalue weighted by Gasteiger charge is 2.16. The van der Waals surface area contributed by atoms with Crippen LogP contribution in [0.4, 0.5) is 0 Å². The van der Waals surface area contributed by atoms with Crippen molar-refractivity contribution in [2.45, 2.75) is 246 Å². The number of imidazole rings is 1. The van der Waals surface area contributed by atoms with Gasteiger partial charge in [-0.15, -0.1) is 0 Å². The molecule has 0 aliphatic rings. The van der Waals surface area contributed by atoms with Gasteiger partial charge in [0.05, 0.1) is 13.1 Å². The lowest BCUT2D eigenvalue weighted by atomic mass is 10.0. The number of unbranched alkanes of at least 4 members (excludes halogenated alkanes) is 29. The summed E-state index contributed by atoms with van der Waals surface area (Å²) in [6, 6.07) is 0. The van der Waals surface area contributed by atoms with Crippen LogP contribution >= 0.6 is 0 Å². The molecule has 0 N–H and O–H groups in total. The lowest BCUT2D eigenvalue weighted by molar-refractivity contribution is -0.704. The molecule has 0 fully saturated rings. The molecule has 0 bridgehead atoms. The Kier molecular flexibility index (Phi) is 30.5. The second kappa shape index (κ2) is 32.6. The Labute approximate surface area is 272 Å². The van der Waals surface area contributed by atoms with Gasteiger partial charge in [-0.2, -0.15) is 0 Å². The van der Waals surface area contributed by atoms with E-state index < -0.39 is 0 Å². The molecule has 254 valence electrons. The fourth-order valence-electron chi connectivity index (χ4n) is 6.86. The van der Waals surface area contributed by atoms with Crippen LogP contribution in [0.15, 0.2) is 12.4 Å². The fourth-order valence-corrected chi connectivity index (χ4v) is 6.86. The number of aromatic nitrogens is 2. The number of hydrogen-bond acceptors (Lipinski definition) is 0. The third-order valence-corrected chi connectivity index (χ3v) is 9.85. The van der Waals surface area contributed by atoms with E-state index in [-0.39, 0.29) is 0 Å². The van der Waals surface area contributed by atoms with Crippen LogP contribution in [0.1, 0.15) is 232 Å². The highest BCUT2D eigenvalue weighted by Crippen LogP contribution is 2.16. The van der Waals surface area contributed by atoms with Crippen LogP contribution in [0.2, 0.25) is 0 Å². The first-order chi connectivity index (χ1) is 21.3. The minimum absolute atomic E-state index is 1.23. The smallest absolute Gasteiger partial charge is 0.234 e. The molecule has 0 radical (unpaired) electrons. The third-order valence-electron chi connectivity index (χ3n) is 9.85. The Balaban J connectivity index is 2.19. The van der Waals surface area contributed by atoms with Crippen LogP contribution in [0.25, 0.3) is 0 Å². The number of rotatable bonds is 35. The molecule has 1 heterocycles. The van der Waals surface area contributed by atoms with Crippen molar-refractivity contribution < 1.29 is 4.57 Å². The van der Waals surface area contributed by atoms with E-state index >= 15 is 0 Å². The Hall–Kier alpha value is -0.790. The summed E-state index contributed by atoms with van der Waals surface area (Å²) in [4.78, 5) is 0. The first-order valence-corrected chi connectivity index (χ1v) is 20.4. The summed E-state index contributed by atoms with van der Waals surface area (Å²) in [5, 5.41) is 0. The van der Waals surface area contributed by atoms with E-state index in [4.69, 9.17) is 0 Å². The SMILES string of the molecule is CCCCCCCCCCCCCCCCCCc1n(CCCCCCC)cc[n+]1CCCCCCCCCCCCC. The van der Waals surface area contributed by atoms with Gasteiger partial charge in [-0.05, 0) is 32.1 Å². The molecule has 0 aromatic carbocycles. The van der Waals surface area contributed by atoms with Gasteiger partial charge < -0.3 is 0 Å². The summed E-state index contributed by atoms with van der Waals surface area (Å²) in [6.07, 6.45) is 51.9. The van der Waals surface area contributed by atoms with Crippen molar-refractivity contribution in [3.05, 3.63) is 18.2 Å². The topological polar surface area (TPSA) is 8.81 Å². The molecular weight excluding hydrogens is 520 g/mol. The van der Waals surface area contributed by atoms with Crippen LogP contribution in [-0.2, 0) is 19.5 Å². The second-order valence-electron chi connectivity index (χ2n) is 14.1. The van der Waals surface area contributed by atoms with Gasteiger partial charge in [-0.3, -0.25) is 0 Å². The van der Waals surface area contributed by atoms with Gasteiger partial charge in [0.1, 0.15) is 12.4 Å². The summed E-state index contributed by atoms with van der Waals surface area (Å²) in [5.41, 5.74) is 0. The Morgan fingerprint density at radius 2 is 0.721 bits per heavy atom. The van der Waals surface area contributed by atoms with Crippen molar-refractivity contribution in [2.75, 3.05) is 0 Å². The molecule has 0 amide bonds. The van der Waals surface area contributed by atoms with Crippen molar-refractivity contribution in [3.8, 4) is 0 Å². The first kappa shape index (κ1) is 40.2. The molecular formula is C41H81N2+. The van der Waals surface area contributed by atoms with Crippen molar-refractivity contribution >= 4 is 0 Å². The zero-order chi connectivity index (χ0) is 30.9. The molecule has 0 aliphatic heterocycles. The Morgan fingerprint density at radius 1 is 0.395 bits per heavy atom. The molecule has 1 aromatic rings. The van der Waals surface area contributed by atoms with Crippen LogP contribution in [0.3, 0.4) is 0 Å². The summed E-state index contributed by atoms with van der Waals surface area (Å²) in [7, 11) is 0. The van der Waals surface area contributed by atoms with E-state index in [1.807, 2.05) is 0 Å². The normalized spacial score (nSPS) is 11.6. The molecule has 0 spiro atoms. The minimum Gasteiger partial charge on any atom is -0.234 e. The summed E-state index contributed by atoms with van der Waals surface area (Å²) in [5.74, 6) is 1.62. The standard InChI is InChI=1S/C41H81N2/c1-4-7-10-13-15-17-19-20-21-22-23-24-26-28-30-33-36-41-42(37-34-31-12-9-6-3)39-40-43(41)38-35-32-29-27-25-18-16-14-11-8-5-2/h39-40H,4-38H2,1-3H3/q+1. The lowest BCUT2D eigenvalue weighted by Gasteiger charge is -2.07. The van der Waals surface area contributed by atoms with Crippen molar-refractivity contribution in [3.63, 3.8) is 0 Å². The average Bonchev–Trinajstić information content (AvgIpc) is 3.40. The lowest BCUT2D eigenvalue weighted by Crippen LogP contribution is -2.37. The highest BCUT2D eigenvalue weighted by molar-refractivity contribution is 4.84. The van der Waals surface area contributed by atoms with Gasteiger partial charge >= 0.3 is 0 Å². The van der Waals surface area contributed by atoms with Gasteiger partial charge in [-0.25, -0.2) is 9.13 Å². The fraction of sp³-hybridized carbons (Fsp3) is 0.927. The van der Waals surface area contributed by atoms with Gasteiger partial charge in [0.15, 0.2) is 0 Å². The van der Waals surface area contributed by atoms with E-state index in [0.29, 0.717) is 0 Å². The first-order valence-electron chi connectivity index (χ1n) is 20.4. The molecule has 43 heavy (non-hydrogen) atoms. The number of hydrogen-bond donors (Lipinski definition) is 0. The van der Waals surface area contributed by atoms with Crippen LogP contribution in [0.5, 0.6) is 0 Å². The van der Waals surface area contributed by atoms with E-state index in [2.05, 4.69) is 42.3 Å². The number of nitrogens with zero attached hydrogens (tertiary/aromatic N) is 2.